The molecule has 0 saturated carbocycles. The minimum Gasteiger partial charge on any atom is -0.319 e. The number of hydrogen-bond acceptors (Lipinski definition) is 1. The third-order valence-electron chi connectivity index (χ3n) is 7.25. The first-order valence-corrected chi connectivity index (χ1v) is 12.1. The van der Waals surface area contributed by atoms with Crippen LogP contribution in [0.15, 0.2) is 109 Å². The summed E-state index contributed by atoms with van der Waals surface area (Å²) in [5.74, 6) is 0.991. The summed E-state index contributed by atoms with van der Waals surface area (Å²) in [6.07, 6.45) is 11.8. The number of rotatable bonds is 2. The topological polar surface area (TPSA) is 17.8 Å². The minimum atomic E-state index is 0.0291. The van der Waals surface area contributed by atoms with Crippen molar-refractivity contribution in [2.75, 3.05) is 0 Å². The lowest BCUT2D eigenvalue weighted by Gasteiger charge is -2.25. The maximum atomic E-state index is 4.98. The van der Waals surface area contributed by atoms with E-state index in [-0.39, 0.29) is 6.04 Å². The van der Waals surface area contributed by atoms with Crippen molar-refractivity contribution in [3.8, 4) is 0 Å². The fraction of sp³-hybridized carbons (Fsp3) is 0.0606. The molecule has 1 aromatic heterocycles. The van der Waals surface area contributed by atoms with E-state index in [1.807, 2.05) is 6.20 Å². The lowest BCUT2D eigenvalue weighted by molar-refractivity contribution is 0.667. The molecule has 0 bridgehead atoms. The first-order chi connectivity index (χ1) is 17.4. The number of fused-ring (bicyclic) bond motifs is 4. The predicted molar refractivity (Wildman–Crippen MR) is 144 cm³/mol. The number of aromatic nitrogens is 2. The van der Waals surface area contributed by atoms with E-state index >= 15 is 0 Å². The summed E-state index contributed by atoms with van der Waals surface area (Å²) in [7, 11) is 0. The molecule has 5 aromatic rings. The van der Waals surface area contributed by atoms with Crippen LogP contribution in [-0.4, -0.2) is 9.55 Å². The maximum Gasteiger partial charge on any atom is 0.141 e. The van der Waals surface area contributed by atoms with Crippen molar-refractivity contribution in [1.29, 1.82) is 0 Å². The Labute approximate surface area is 205 Å². The lowest BCUT2D eigenvalue weighted by atomic mass is 9.93. The van der Waals surface area contributed by atoms with Crippen LogP contribution >= 0.6 is 0 Å². The molecule has 2 aliphatic rings. The Morgan fingerprint density at radius 1 is 0.629 bits per heavy atom. The number of hydrogen-bond donors (Lipinski definition) is 0. The van der Waals surface area contributed by atoms with Gasteiger partial charge < -0.3 is 4.57 Å². The molecule has 0 radical (unpaired) electrons. The highest BCUT2D eigenvalue weighted by molar-refractivity contribution is 5.92. The van der Waals surface area contributed by atoms with Gasteiger partial charge in [0.1, 0.15) is 5.82 Å². The second kappa shape index (κ2) is 8.11. The highest BCUT2D eigenvalue weighted by Gasteiger charge is 2.27. The van der Waals surface area contributed by atoms with E-state index in [9.17, 15) is 0 Å². The third kappa shape index (κ3) is 3.30. The molecule has 0 amide bonds. The third-order valence-corrected chi connectivity index (χ3v) is 7.25. The Hall–Kier alpha value is -4.43. The molecule has 35 heavy (non-hydrogen) atoms. The van der Waals surface area contributed by atoms with Crippen molar-refractivity contribution in [3.63, 3.8) is 0 Å². The summed E-state index contributed by atoms with van der Waals surface area (Å²) in [5.41, 5.74) is 11.4. The number of nitrogens with zero attached hydrogens (tertiary/aromatic N) is 2. The Morgan fingerprint density at radius 2 is 1.23 bits per heavy atom. The van der Waals surface area contributed by atoms with Crippen molar-refractivity contribution in [2.24, 2.45) is 0 Å². The van der Waals surface area contributed by atoms with Crippen molar-refractivity contribution in [2.45, 2.75) is 12.5 Å². The van der Waals surface area contributed by atoms with Crippen LogP contribution in [0.1, 0.15) is 56.4 Å². The Bertz CT molecular complexity index is 1580. The average molecular weight is 449 g/mol. The van der Waals surface area contributed by atoms with Gasteiger partial charge in [0, 0.05) is 18.0 Å². The molecule has 0 atom stereocenters. The van der Waals surface area contributed by atoms with Crippen molar-refractivity contribution in [1.82, 2.24) is 9.55 Å². The zero-order chi connectivity index (χ0) is 23.2. The van der Waals surface area contributed by atoms with Crippen molar-refractivity contribution >= 4 is 23.8 Å². The smallest absolute Gasteiger partial charge is 0.141 e. The highest BCUT2D eigenvalue weighted by Crippen LogP contribution is 2.40. The van der Waals surface area contributed by atoms with Crippen LogP contribution in [0.5, 0.6) is 0 Å². The van der Waals surface area contributed by atoms with Crippen LogP contribution in [0.25, 0.3) is 23.8 Å². The van der Waals surface area contributed by atoms with E-state index in [4.69, 9.17) is 4.98 Å². The summed E-state index contributed by atoms with van der Waals surface area (Å²) in [6.45, 7) is 0. The summed E-state index contributed by atoms with van der Waals surface area (Å²) < 4.78 is 2.36. The molecular formula is C33H24N2. The normalized spacial score (nSPS) is 14.1. The van der Waals surface area contributed by atoms with Crippen LogP contribution in [0.3, 0.4) is 0 Å². The van der Waals surface area contributed by atoms with Crippen molar-refractivity contribution < 1.29 is 0 Å². The molecule has 0 spiro atoms. The molecule has 2 nitrogen and oxygen atoms in total. The largest absolute Gasteiger partial charge is 0.319 e. The van der Waals surface area contributed by atoms with E-state index in [1.165, 1.54) is 50.1 Å². The highest BCUT2D eigenvalue weighted by atomic mass is 15.1. The zero-order valence-electron chi connectivity index (χ0n) is 19.3. The molecule has 1 heterocycles. The fourth-order valence-corrected chi connectivity index (χ4v) is 5.60. The van der Waals surface area contributed by atoms with Crippen LogP contribution in [0, 0.1) is 0 Å². The van der Waals surface area contributed by atoms with Gasteiger partial charge in [0.2, 0.25) is 0 Å². The molecule has 0 fully saturated rings. The van der Waals surface area contributed by atoms with Crippen LogP contribution < -0.4 is 0 Å². The van der Waals surface area contributed by atoms with Crippen LogP contribution in [0.4, 0.5) is 0 Å². The average Bonchev–Trinajstić information content (AvgIpc) is 3.23. The molecule has 0 aliphatic heterocycles. The van der Waals surface area contributed by atoms with E-state index in [1.54, 1.807) is 0 Å². The quantitative estimate of drug-likeness (QED) is 0.268. The molecule has 2 heteroatoms. The number of imidazole rings is 1. The molecule has 166 valence electrons. The monoisotopic (exact) mass is 448 g/mol. The summed E-state index contributed by atoms with van der Waals surface area (Å²) in [4.78, 5) is 4.98. The lowest BCUT2D eigenvalue weighted by Crippen LogP contribution is -2.16. The predicted octanol–water partition coefficient (Wildman–Crippen LogP) is 7.50. The Morgan fingerprint density at radius 3 is 1.97 bits per heavy atom. The first-order valence-electron chi connectivity index (χ1n) is 12.1. The van der Waals surface area contributed by atoms with Gasteiger partial charge in [-0.2, -0.15) is 0 Å². The standard InChI is InChI=1S/C33H24N2/c1-2-12-26-22-31(28-14-6-5-13-27(28)21-25(26)11-1)33-34-19-20-35(33)32-29-15-7-3-9-23(29)17-18-24-10-4-8-16-30(24)32/h1-20,22,32H,21H2. The summed E-state index contributed by atoms with van der Waals surface area (Å²) in [5, 5.41) is 0. The van der Waals surface area contributed by atoms with Crippen LogP contribution in [-0.2, 0) is 6.42 Å². The van der Waals surface area contributed by atoms with Gasteiger partial charge in [-0.05, 0) is 57.0 Å². The van der Waals surface area contributed by atoms with Gasteiger partial charge in [0.15, 0.2) is 0 Å². The van der Waals surface area contributed by atoms with Gasteiger partial charge in [-0.3, -0.25) is 0 Å². The van der Waals surface area contributed by atoms with Gasteiger partial charge in [0.25, 0.3) is 0 Å². The summed E-state index contributed by atoms with van der Waals surface area (Å²) in [6, 6.07) is 34.9. The molecule has 2 aliphatic carbocycles. The molecule has 0 unspecified atom stereocenters. The van der Waals surface area contributed by atoms with Gasteiger partial charge in [0.05, 0.1) is 6.04 Å². The molecule has 4 aromatic carbocycles. The fourth-order valence-electron chi connectivity index (χ4n) is 5.60. The van der Waals surface area contributed by atoms with Gasteiger partial charge in [-0.1, -0.05) is 109 Å². The van der Waals surface area contributed by atoms with E-state index in [0.29, 0.717) is 0 Å². The van der Waals surface area contributed by atoms with E-state index < -0.39 is 0 Å². The molecule has 7 rings (SSSR count). The number of benzene rings is 4. The van der Waals surface area contributed by atoms with Gasteiger partial charge in [-0.15, -0.1) is 0 Å². The minimum absolute atomic E-state index is 0.0291. The second-order valence-electron chi connectivity index (χ2n) is 9.24. The maximum absolute atomic E-state index is 4.98. The second-order valence-corrected chi connectivity index (χ2v) is 9.24. The molecule has 0 N–H and O–H groups in total. The SMILES string of the molecule is C1=Cc2ccccc2C(n2ccnc2C2=Cc3ccccc3Cc3ccccc32)c2ccccc21. The summed E-state index contributed by atoms with van der Waals surface area (Å²) >= 11 is 0. The van der Waals surface area contributed by atoms with E-state index in [2.05, 4.69) is 126 Å². The van der Waals surface area contributed by atoms with Gasteiger partial charge in [-0.25, -0.2) is 4.98 Å². The Balaban J connectivity index is 1.49. The molecule has 0 saturated heterocycles. The molecular weight excluding hydrogens is 424 g/mol. The zero-order valence-corrected chi connectivity index (χ0v) is 19.3. The van der Waals surface area contributed by atoms with Gasteiger partial charge >= 0.3 is 0 Å². The van der Waals surface area contributed by atoms with Crippen LogP contribution in [0.2, 0.25) is 0 Å². The van der Waals surface area contributed by atoms with E-state index in [0.717, 1.165) is 12.2 Å². The first kappa shape index (κ1) is 20.0. The van der Waals surface area contributed by atoms with Crippen molar-refractivity contribution in [3.05, 3.63) is 160 Å². The Kier molecular flexibility index (Phi) is 4.63.